The SMILES string of the molecule is Cc1ccc(S(=O)(=O)OCC2c3ccccc3-c3ccccc32)cc1. The average molecular weight is 350 g/mol. The minimum atomic E-state index is -3.77. The van der Waals surface area contributed by atoms with Crippen LogP contribution in [0.3, 0.4) is 0 Å². The van der Waals surface area contributed by atoms with E-state index in [0.29, 0.717) is 0 Å². The molecule has 0 saturated carbocycles. The summed E-state index contributed by atoms with van der Waals surface area (Å²) in [5.41, 5.74) is 5.54. The summed E-state index contributed by atoms with van der Waals surface area (Å²) in [7, 11) is -3.77. The van der Waals surface area contributed by atoms with Gasteiger partial charge in [-0.3, -0.25) is 4.18 Å². The molecule has 1 aliphatic carbocycles. The lowest BCUT2D eigenvalue weighted by atomic mass is 9.98. The Morgan fingerprint density at radius 3 is 1.88 bits per heavy atom. The Morgan fingerprint density at radius 2 is 1.32 bits per heavy atom. The van der Waals surface area contributed by atoms with Gasteiger partial charge in [-0.1, -0.05) is 66.2 Å². The van der Waals surface area contributed by atoms with Crippen LogP contribution in [0.25, 0.3) is 11.1 Å². The van der Waals surface area contributed by atoms with E-state index < -0.39 is 10.1 Å². The normalized spacial score (nSPS) is 13.5. The summed E-state index contributed by atoms with van der Waals surface area (Å²) in [6, 6.07) is 22.9. The molecule has 0 amide bonds. The first kappa shape index (κ1) is 16.1. The number of fused-ring (bicyclic) bond motifs is 3. The van der Waals surface area contributed by atoms with Gasteiger partial charge >= 0.3 is 0 Å². The molecule has 0 heterocycles. The molecule has 0 atom stereocenters. The Morgan fingerprint density at radius 1 is 0.800 bits per heavy atom. The van der Waals surface area contributed by atoms with Gasteiger partial charge in [0.15, 0.2) is 0 Å². The van der Waals surface area contributed by atoms with Gasteiger partial charge in [0.25, 0.3) is 10.1 Å². The zero-order valence-corrected chi connectivity index (χ0v) is 14.7. The molecule has 0 unspecified atom stereocenters. The van der Waals surface area contributed by atoms with Crippen molar-refractivity contribution >= 4 is 10.1 Å². The molecule has 1 aliphatic rings. The monoisotopic (exact) mass is 350 g/mol. The van der Waals surface area contributed by atoms with Crippen LogP contribution in [0, 0.1) is 6.92 Å². The van der Waals surface area contributed by atoms with E-state index in [-0.39, 0.29) is 17.4 Å². The van der Waals surface area contributed by atoms with E-state index >= 15 is 0 Å². The number of aryl methyl sites for hydroxylation is 1. The summed E-state index contributed by atoms with van der Waals surface area (Å²) in [5, 5.41) is 0. The molecule has 0 saturated heterocycles. The van der Waals surface area contributed by atoms with Crippen molar-refractivity contribution in [2.24, 2.45) is 0 Å². The topological polar surface area (TPSA) is 43.4 Å². The molecular weight excluding hydrogens is 332 g/mol. The molecule has 0 radical (unpaired) electrons. The van der Waals surface area contributed by atoms with E-state index in [1.54, 1.807) is 24.3 Å². The van der Waals surface area contributed by atoms with E-state index in [9.17, 15) is 8.42 Å². The maximum Gasteiger partial charge on any atom is 0.297 e. The second-order valence-electron chi connectivity index (χ2n) is 6.28. The predicted molar refractivity (Wildman–Crippen MR) is 98.0 cm³/mol. The Bertz CT molecular complexity index is 976. The molecule has 0 spiro atoms. The third kappa shape index (κ3) is 2.88. The zero-order chi connectivity index (χ0) is 17.4. The maximum atomic E-state index is 12.5. The van der Waals surface area contributed by atoms with E-state index in [1.807, 2.05) is 43.3 Å². The van der Waals surface area contributed by atoms with Crippen molar-refractivity contribution < 1.29 is 12.6 Å². The lowest BCUT2D eigenvalue weighted by Gasteiger charge is -2.14. The summed E-state index contributed by atoms with van der Waals surface area (Å²) in [6.45, 7) is 2.02. The number of hydrogen-bond acceptors (Lipinski definition) is 3. The number of benzene rings is 3. The van der Waals surface area contributed by atoms with E-state index in [2.05, 4.69) is 12.1 Å². The first-order valence-electron chi connectivity index (χ1n) is 8.20. The van der Waals surface area contributed by atoms with E-state index in [1.165, 1.54) is 0 Å². The van der Waals surface area contributed by atoms with Crippen molar-refractivity contribution in [3.8, 4) is 11.1 Å². The molecular formula is C21H18O3S. The summed E-state index contributed by atoms with van der Waals surface area (Å²) < 4.78 is 30.4. The molecule has 3 nitrogen and oxygen atoms in total. The van der Waals surface area contributed by atoms with Gasteiger partial charge in [-0.2, -0.15) is 8.42 Å². The van der Waals surface area contributed by atoms with Gasteiger partial charge in [-0.05, 0) is 41.3 Å². The van der Waals surface area contributed by atoms with Crippen molar-refractivity contribution in [3.63, 3.8) is 0 Å². The minimum absolute atomic E-state index is 0.0763. The lowest BCUT2D eigenvalue weighted by molar-refractivity contribution is 0.307. The summed E-state index contributed by atoms with van der Waals surface area (Å²) in [6.07, 6.45) is 0. The largest absolute Gasteiger partial charge is 0.297 e. The Hall–Kier alpha value is -2.43. The van der Waals surface area contributed by atoms with Gasteiger partial charge in [-0.15, -0.1) is 0 Å². The quantitative estimate of drug-likeness (QED) is 0.650. The van der Waals surface area contributed by atoms with Crippen LogP contribution in [0.5, 0.6) is 0 Å². The van der Waals surface area contributed by atoms with E-state index in [4.69, 9.17) is 4.18 Å². The van der Waals surface area contributed by atoms with Gasteiger partial charge in [-0.25, -0.2) is 0 Å². The van der Waals surface area contributed by atoms with Gasteiger partial charge in [0.05, 0.1) is 11.5 Å². The first-order chi connectivity index (χ1) is 12.1. The summed E-state index contributed by atoms with van der Waals surface area (Å²) >= 11 is 0. The molecule has 0 bridgehead atoms. The summed E-state index contributed by atoms with van der Waals surface area (Å²) in [4.78, 5) is 0.192. The Labute approximate surface area is 148 Å². The van der Waals surface area contributed by atoms with Crippen LogP contribution < -0.4 is 0 Å². The van der Waals surface area contributed by atoms with Crippen molar-refractivity contribution in [1.82, 2.24) is 0 Å². The lowest BCUT2D eigenvalue weighted by Crippen LogP contribution is -2.13. The van der Waals surface area contributed by atoms with Gasteiger partial charge < -0.3 is 0 Å². The molecule has 0 aliphatic heterocycles. The second kappa shape index (κ2) is 6.14. The average Bonchev–Trinajstić information content (AvgIpc) is 2.94. The number of hydrogen-bond donors (Lipinski definition) is 0. The van der Waals surface area contributed by atoms with Gasteiger partial charge in [0.1, 0.15) is 0 Å². The Kier molecular flexibility index (Phi) is 3.94. The van der Waals surface area contributed by atoms with Crippen LogP contribution in [0.1, 0.15) is 22.6 Å². The zero-order valence-electron chi connectivity index (χ0n) is 13.8. The third-order valence-corrected chi connectivity index (χ3v) is 5.96. The highest BCUT2D eigenvalue weighted by Crippen LogP contribution is 2.44. The fourth-order valence-electron chi connectivity index (χ4n) is 3.37. The standard InChI is InChI=1S/C21H18O3S/c1-15-10-12-16(13-11-15)25(22,23)24-14-21-19-8-4-2-6-17(19)18-7-3-5-9-20(18)21/h2-13,21H,14H2,1H3. The van der Waals surface area contributed by atoms with Crippen molar-refractivity contribution in [3.05, 3.63) is 89.5 Å². The minimum Gasteiger partial charge on any atom is -0.265 e. The van der Waals surface area contributed by atoms with E-state index in [0.717, 1.165) is 27.8 Å². The van der Waals surface area contributed by atoms with Gasteiger partial charge in [0, 0.05) is 5.92 Å². The van der Waals surface area contributed by atoms with Crippen molar-refractivity contribution in [2.75, 3.05) is 6.61 Å². The van der Waals surface area contributed by atoms with Crippen LogP contribution in [0.15, 0.2) is 77.7 Å². The second-order valence-corrected chi connectivity index (χ2v) is 7.89. The summed E-state index contributed by atoms with van der Waals surface area (Å²) in [5.74, 6) is -0.0763. The molecule has 25 heavy (non-hydrogen) atoms. The molecule has 0 N–H and O–H groups in total. The molecule has 4 heteroatoms. The fourth-order valence-corrected chi connectivity index (χ4v) is 4.29. The molecule has 0 fully saturated rings. The predicted octanol–water partition coefficient (Wildman–Crippen LogP) is 4.51. The van der Waals surface area contributed by atoms with Crippen molar-refractivity contribution in [2.45, 2.75) is 17.7 Å². The smallest absolute Gasteiger partial charge is 0.265 e. The van der Waals surface area contributed by atoms with Crippen LogP contribution in [-0.4, -0.2) is 15.0 Å². The molecule has 3 aromatic carbocycles. The Balaban J connectivity index is 1.64. The molecule has 0 aromatic heterocycles. The molecule has 3 aromatic rings. The molecule has 4 rings (SSSR count). The molecule has 126 valence electrons. The highest BCUT2D eigenvalue weighted by atomic mass is 32.2. The van der Waals surface area contributed by atoms with Crippen LogP contribution in [0.4, 0.5) is 0 Å². The van der Waals surface area contributed by atoms with Crippen LogP contribution in [-0.2, 0) is 14.3 Å². The highest BCUT2D eigenvalue weighted by molar-refractivity contribution is 7.86. The first-order valence-corrected chi connectivity index (χ1v) is 9.61. The third-order valence-electron chi connectivity index (χ3n) is 4.66. The maximum absolute atomic E-state index is 12.5. The van der Waals surface area contributed by atoms with Crippen LogP contribution in [0.2, 0.25) is 0 Å². The van der Waals surface area contributed by atoms with Crippen molar-refractivity contribution in [1.29, 1.82) is 0 Å². The fraction of sp³-hybridized carbons (Fsp3) is 0.143. The van der Waals surface area contributed by atoms with Crippen LogP contribution >= 0.6 is 0 Å². The number of rotatable bonds is 4. The highest BCUT2D eigenvalue weighted by Gasteiger charge is 2.30. The van der Waals surface area contributed by atoms with Gasteiger partial charge in [0.2, 0.25) is 0 Å².